The van der Waals surface area contributed by atoms with Gasteiger partial charge in [-0.15, -0.1) is 0 Å². The fourth-order valence-corrected chi connectivity index (χ4v) is 6.06. The molecule has 0 aromatic heterocycles. The zero-order valence-electron chi connectivity index (χ0n) is 19.9. The van der Waals surface area contributed by atoms with Crippen LogP contribution in [0.3, 0.4) is 0 Å². The standard InChI is InChI=1S/C25H31NO7S/c1-17-13-18(2)16-26(15-17)34(29,30)24-14-20(9-10-23(24)31-4)25(28)33-12-11-32-22-8-6-5-7-21(22)19(3)27/h5-10,14,17-18H,11-13,15-16H2,1-4H3/t17-,18-/m0/s1. The van der Waals surface area contributed by atoms with E-state index in [1.165, 1.54) is 36.5 Å². The van der Waals surface area contributed by atoms with Crippen LogP contribution in [0.2, 0.25) is 0 Å². The average molecular weight is 490 g/mol. The Morgan fingerprint density at radius 2 is 1.68 bits per heavy atom. The molecule has 0 N–H and O–H groups in total. The van der Waals surface area contributed by atoms with Gasteiger partial charge in [0.1, 0.15) is 29.6 Å². The molecule has 3 rings (SSSR count). The molecule has 8 nitrogen and oxygen atoms in total. The van der Waals surface area contributed by atoms with Crippen molar-refractivity contribution in [2.24, 2.45) is 11.8 Å². The van der Waals surface area contributed by atoms with Gasteiger partial charge in [0.05, 0.1) is 18.2 Å². The van der Waals surface area contributed by atoms with Crippen LogP contribution >= 0.6 is 0 Å². The van der Waals surface area contributed by atoms with Crippen molar-refractivity contribution < 1.29 is 32.2 Å². The highest BCUT2D eigenvalue weighted by molar-refractivity contribution is 7.89. The molecular weight excluding hydrogens is 458 g/mol. The number of rotatable bonds is 9. The number of ether oxygens (including phenoxy) is 3. The monoisotopic (exact) mass is 489 g/mol. The van der Waals surface area contributed by atoms with Gasteiger partial charge in [0.2, 0.25) is 10.0 Å². The number of sulfonamides is 1. The van der Waals surface area contributed by atoms with Gasteiger partial charge in [-0.05, 0) is 55.5 Å². The molecule has 0 aliphatic carbocycles. The van der Waals surface area contributed by atoms with Gasteiger partial charge in [0.25, 0.3) is 0 Å². The number of piperidine rings is 1. The van der Waals surface area contributed by atoms with E-state index in [0.29, 0.717) is 24.4 Å². The maximum Gasteiger partial charge on any atom is 0.338 e. The lowest BCUT2D eigenvalue weighted by Crippen LogP contribution is -2.42. The van der Waals surface area contributed by atoms with E-state index in [-0.39, 0.29) is 47.0 Å². The molecule has 0 saturated carbocycles. The Hall–Kier alpha value is -2.91. The molecule has 1 saturated heterocycles. The van der Waals surface area contributed by atoms with Crippen molar-refractivity contribution in [3.63, 3.8) is 0 Å². The molecule has 2 atom stereocenters. The summed E-state index contributed by atoms with van der Waals surface area (Å²) in [7, 11) is -2.46. The molecule has 0 spiro atoms. The van der Waals surface area contributed by atoms with E-state index in [4.69, 9.17) is 14.2 Å². The first-order valence-electron chi connectivity index (χ1n) is 11.2. The molecule has 2 aromatic carbocycles. The minimum atomic E-state index is -3.86. The second kappa shape index (κ2) is 11.0. The molecule has 1 heterocycles. The Morgan fingerprint density at radius 1 is 1.00 bits per heavy atom. The lowest BCUT2D eigenvalue weighted by molar-refractivity contribution is 0.0449. The largest absolute Gasteiger partial charge is 0.495 e. The Morgan fingerprint density at radius 3 is 2.32 bits per heavy atom. The van der Waals surface area contributed by atoms with Crippen LogP contribution in [0.1, 0.15) is 47.9 Å². The molecule has 0 unspecified atom stereocenters. The molecule has 184 valence electrons. The summed E-state index contributed by atoms with van der Waals surface area (Å²) in [6, 6.07) is 11.0. The van der Waals surface area contributed by atoms with Crippen LogP contribution in [0.15, 0.2) is 47.4 Å². The van der Waals surface area contributed by atoms with Crippen molar-refractivity contribution in [1.29, 1.82) is 0 Å². The van der Waals surface area contributed by atoms with Gasteiger partial charge in [0, 0.05) is 13.1 Å². The van der Waals surface area contributed by atoms with Crippen LogP contribution in [-0.2, 0) is 14.8 Å². The summed E-state index contributed by atoms with van der Waals surface area (Å²) in [5.41, 5.74) is 0.543. The smallest absolute Gasteiger partial charge is 0.338 e. The number of ketones is 1. The summed E-state index contributed by atoms with van der Waals surface area (Å²) >= 11 is 0. The van der Waals surface area contributed by atoms with Crippen molar-refractivity contribution in [3.05, 3.63) is 53.6 Å². The van der Waals surface area contributed by atoms with Crippen molar-refractivity contribution >= 4 is 21.8 Å². The lowest BCUT2D eigenvalue weighted by atomic mass is 9.94. The molecule has 0 radical (unpaired) electrons. The van der Waals surface area contributed by atoms with E-state index in [2.05, 4.69) is 0 Å². The van der Waals surface area contributed by atoms with Gasteiger partial charge in [-0.1, -0.05) is 26.0 Å². The molecule has 1 aliphatic heterocycles. The van der Waals surface area contributed by atoms with E-state index in [9.17, 15) is 18.0 Å². The summed E-state index contributed by atoms with van der Waals surface area (Å²) in [5.74, 6) is 0.261. The molecular formula is C25H31NO7S. The van der Waals surface area contributed by atoms with E-state index >= 15 is 0 Å². The number of esters is 1. The zero-order chi connectivity index (χ0) is 24.9. The average Bonchev–Trinajstić information content (AvgIpc) is 2.80. The van der Waals surface area contributed by atoms with E-state index in [1.807, 2.05) is 13.8 Å². The summed E-state index contributed by atoms with van der Waals surface area (Å²) in [6.07, 6.45) is 0.967. The highest BCUT2D eigenvalue weighted by Gasteiger charge is 2.34. The first kappa shape index (κ1) is 25.7. The molecule has 0 amide bonds. The van der Waals surface area contributed by atoms with E-state index < -0.39 is 16.0 Å². The number of methoxy groups -OCH3 is 1. The Bertz CT molecular complexity index is 1140. The molecule has 34 heavy (non-hydrogen) atoms. The highest BCUT2D eigenvalue weighted by Crippen LogP contribution is 2.32. The second-order valence-electron chi connectivity index (χ2n) is 8.67. The van der Waals surface area contributed by atoms with Gasteiger partial charge in [-0.25, -0.2) is 13.2 Å². The van der Waals surface area contributed by atoms with Crippen LogP contribution in [-0.4, -0.2) is 57.9 Å². The quantitative estimate of drug-likeness (QED) is 0.300. The first-order chi connectivity index (χ1) is 16.1. The first-order valence-corrected chi connectivity index (χ1v) is 12.7. The molecule has 1 aliphatic rings. The summed E-state index contributed by atoms with van der Waals surface area (Å²) in [6.45, 7) is 6.32. The number of para-hydroxylation sites is 1. The minimum Gasteiger partial charge on any atom is -0.495 e. The topological polar surface area (TPSA) is 99.2 Å². The van der Waals surface area contributed by atoms with E-state index in [0.717, 1.165) is 6.42 Å². The normalized spacial score (nSPS) is 18.8. The van der Waals surface area contributed by atoms with Crippen LogP contribution in [0.4, 0.5) is 0 Å². The van der Waals surface area contributed by atoms with Crippen LogP contribution in [0.25, 0.3) is 0 Å². The highest BCUT2D eigenvalue weighted by atomic mass is 32.2. The van der Waals surface area contributed by atoms with Crippen molar-refractivity contribution in [2.45, 2.75) is 32.1 Å². The maximum absolute atomic E-state index is 13.4. The van der Waals surface area contributed by atoms with Crippen LogP contribution in [0, 0.1) is 11.8 Å². The Kier molecular flexibility index (Phi) is 8.33. The van der Waals surface area contributed by atoms with Gasteiger partial charge < -0.3 is 14.2 Å². The third-order valence-corrected chi connectivity index (χ3v) is 7.55. The van der Waals surface area contributed by atoms with Gasteiger partial charge >= 0.3 is 5.97 Å². The second-order valence-corrected chi connectivity index (χ2v) is 10.6. The number of benzene rings is 2. The Labute approximate surface area is 200 Å². The van der Waals surface area contributed by atoms with Gasteiger partial charge in [0.15, 0.2) is 5.78 Å². The third kappa shape index (κ3) is 5.95. The third-order valence-electron chi connectivity index (χ3n) is 5.69. The summed E-state index contributed by atoms with van der Waals surface area (Å²) < 4.78 is 44.4. The van der Waals surface area contributed by atoms with Crippen molar-refractivity contribution in [2.75, 3.05) is 33.4 Å². The summed E-state index contributed by atoms with van der Waals surface area (Å²) in [4.78, 5) is 24.2. The number of nitrogens with zero attached hydrogens (tertiary/aromatic N) is 1. The molecule has 9 heteroatoms. The maximum atomic E-state index is 13.4. The van der Waals surface area contributed by atoms with E-state index in [1.54, 1.807) is 24.3 Å². The summed E-state index contributed by atoms with van der Waals surface area (Å²) in [5, 5.41) is 0. The predicted octanol–water partition coefficient (Wildman–Crippen LogP) is 3.80. The fraction of sp³-hybridized carbons (Fsp3) is 0.440. The minimum absolute atomic E-state index is 0.0426. The number of hydrogen-bond acceptors (Lipinski definition) is 7. The SMILES string of the molecule is COc1ccc(C(=O)OCCOc2ccccc2C(C)=O)cc1S(=O)(=O)N1C[C@@H](C)C[C@H](C)C1. The molecule has 2 aromatic rings. The van der Waals surface area contributed by atoms with Crippen molar-refractivity contribution in [3.8, 4) is 11.5 Å². The van der Waals surface area contributed by atoms with Crippen LogP contribution < -0.4 is 9.47 Å². The molecule has 0 bridgehead atoms. The number of hydrogen-bond donors (Lipinski definition) is 0. The van der Waals surface area contributed by atoms with Crippen LogP contribution in [0.5, 0.6) is 11.5 Å². The Balaban J connectivity index is 1.70. The van der Waals surface area contributed by atoms with Crippen molar-refractivity contribution in [1.82, 2.24) is 4.31 Å². The number of Topliss-reactive ketones (excluding diaryl/α,β-unsaturated/α-hetero) is 1. The molecule has 1 fully saturated rings. The predicted molar refractivity (Wildman–Crippen MR) is 127 cm³/mol. The van der Waals surface area contributed by atoms with Gasteiger partial charge in [-0.3, -0.25) is 4.79 Å². The number of carbonyl (C=O) groups is 2. The number of carbonyl (C=O) groups excluding carboxylic acids is 2. The van der Waals surface area contributed by atoms with Gasteiger partial charge in [-0.2, -0.15) is 4.31 Å². The fourth-order valence-electron chi connectivity index (χ4n) is 4.20. The zero-order valence-corrected chi connectivity index (χ0v) is 20.8. The lowest BCUT2D eigenvalue weighted by Gasteiger charge is -2.34.